The molecule has 0 amide bonds. The Morgan fingerprint density at radius 3 is 1.93 bits per heavy atom. The first kappa shape index (κ1) is 24.3. The Bertz CT molecular complexity index is 770. The van der Waals surface area contributed by atoms with Gasteiger partial charge in [-0.25, -0.2) is 9.82 Å². The lowest BCUT2D eigenvalue weighted by Gasteiger charge is -2.37. The topological polar surface area (TPSA) is 56.3 Å². The van der Waals surface area contributed by atoms with Gasteiger partial charge in [-0.15, -0.1) is 0 Å². The molecule has 166 valence electrons. The summed E-state index contributed by atoms with van der Waals surface area (Å²) in [6.07, 6.45) is 1.09. The molecule has 0 aliphatic rings. The summed E-state index contributed by atoms with van der Waals surface area (Å²) in [7, 11) is 0. The second kappa shape index (κ2) is 10.4. The summed E-state index contributed by atoms with van der Waals surface area (Å²) in [5.74, 6) is 0.720. The first-order valence-corrected chi connectivity index (χ1v) is 10.8. The third kappa shape index (κ3) is 7.38. The number of hydrogen-bond donors (Lipinski definition) is 4. The first-order valence-electron chi connectivity index (χ1n) is 10.8. The van der Waals surface area contributed by atoms with E-state index >= 15 is 0 Å². The van der Waals surface area contributed by atoms with Gasteiger partial charge >= 0.3 is 0 Å². The zero-order valence-corrected chi connectivity index (χ0v) is 19.2. The lowest BCUT2D eigenvalue weighted by atomic mass is 9.71. The maximum absolute atomic E-state index is 13.1. The second-order valence-corrected chi connectivity index (χ2v) is 9.95. The van der Waals surface area contributed by atoms with E-state index in [-0.39, 0.29) is 23.4 Å². The van der Waals surface area contributed by atoms with Crippen LogP contribution in [-0.4, -0.2) is 23.8 Å². The largest absolute Gasteiger partial charge is 0.394 e. The van der Waals surface area contributed by atoms with E-state index in [1.54, 1.807) is 12.1 Å². The van der Waals surface area contributed by atoms with E-state index in [0.29, 0.717) is 11.8 Å². The summed E-state index contributed by atoms with van der Waals surface area (Å²) in [5.41, 5.74) is 9.36. The smallest absolute Gasteiger partial charge is 0.123 e. The minimum atomic E-state index is -0.364. The van der Waals surface area contributed by atoms with E-state index in [0.717, 1.165) is 24.3 Å². The quantitative estimate of drug-likeness (QED) is 0.361. The van der Waals surface area contributed by atoms with Crippen LogP contribution in [0.25, 0.3) is 0 Å². The van der Waals surface area contributed by atoms with Crippen molar-refractivity contribution in [1.29, 1.82) is 0 Å². The van der Waals surface area contributed by atoms with E-state index in [1.165, 1.54) is 17.7 Å². The predicted octanol–water partition coefficient (Wildman–Crippen LogP) is 5.59. The highest BCUT2D eigenvalue weighted by molar-refractivity contribution is 5.59. The summed E-state index contributed by atoms with van der Waals surface area (Å²) < 4.78 is 13.1. The van der Waals surface area contributed by atoms with E-state index < -0.39 is 0 Å². The van der Waals surface area contributed by atoms with Gasteiger partial charge in [0.05, 0.1) is 6.61 Å². The van der Waals surface area contributed by atoms with Crippen molar-refractivity contribution < 1.29 is 9.50 Å². The number of hydrazine groups is 1. The molecule has 0 saturated heterocycles. The van der Waals surface area contributed by atoms with Crippen molar-refractivity contribution in [2.45, 2.75) is 59.4 Å². The van der Waals surface area contributed by atoms with E-state index in [2.05, 4.69) is 68.1 Å². The van der Waals surface area contributed by atoms with Crippen molar-refractivity contribution in [3.63, 3.8) is 0 Å². The molecule has 2 aromatic carbocycles. The van der Waals surface area contributed by atoms with Gasteiger partial charge in [-0.1, -0.05) is 39.8 Å². The van der Waals surface area contributed by atoms with Gasteiger partial charge in [0.25, 0.3) is 0 Å². The van der Waals surface area contributed by atoms with Crippen LogP contribution in [-0.2, 0) is 0 Å². The molecule has 0 bridgehead atoms. The molecule has 4 nitrogen and oxygen atoms in total. The summed E-state index contributed by atoms with van der Waals surface area (Å²) in [6.45, 7) is 13.9. The number of halogens is 1. The fourth-order valence-electron chi connectivity index (χ4n) is 3.55. The highest BCUT2D eigenvalue weighted by atomic mass is 19.1. The van der Waals surface area contributed by atoms with Gasteiger partial charge in [0.15, 0.2) is 0 Å². The molecule has 0 radical (unpaired) electrons. The second-order valence-electron chi connectivity index (χ2n) is 9.95. The Morgan fingerprint density at radius 2 is 1.43 bits per heavy atom. The van der Waals surface area contributed by atoms with E-state index in [1.807, 2.05) is 13.8 Å². The summed E-state index contributed by atoms with van der Waals surface area (Å²) in [4.78, 5) is 0. The SMILES string of the molecule is CC(C)CC(c1ccc(Nc2ccc(F)cc2)cc1)C(C)(C)CNNC(C)(C)CO. The van der Waals surface area contributed by atoms with Crippen molar-refractivity contribution in [2.75, 3.05) is 18.5 Å². The molecule has 0 aliphatic heterocycles. The fraction of sp³-hybridized carbons (Fsp3) is 0.520. The average Bonchev–Trinajstić information content (AvgIpc) is 2.68. The molecule has 1 atom stereocenters. The van der Waals surface area contributed by atoms with Crippen molar-refractivity contribution >= 4 is 11.4 Å². The molecule has 0 aliphatic carbocycles. The first-order chi connectivity index (χ1) is 14.0. The molecule has 1 unspecified atom stereocenters. The van der Waals surface area contributed by atoms with Crippen LogP contribution in [0.2, 0.25) is 0 Å². The third-order valence-corrected chi connectivity index (χ3v) is 5.46. The summed E-state index contributed by atoms with van der Waals surface area (Å²) in [6, 6.07) is 14.9. The van der Waals surface area contributed by atoms with Crippen LogP contribution in [0.4, 0.5) is 15.8 Å². The minimum Gasteiger partial charge on any atom is -0.394 e. The lowest BCUT2D eigenvalue weighted by molar-refractivity contribution is 0.154. The van der Waals surface area contributed by atoms with Crippen LogP contribution < -0.4 is 16.2 Å². The van der Waals surface area contributed by atoms with Crippen LogP contribution in [0, 0.1) is 17.2 Å². The van der Waals surface area contributed by atoms with E-state index in [9.17, 15) is 9.50 Å². The molecule has 2 aromatic rings. The van der Waals surface area contributed by atoms with Crippen molar-refractivity contribution in [2.24, 2.45) is 11.3 Å². The molecule has 0 aromatic heterocycles. The van der Waals surface area contributed by atoms with Crippen LogP contribution in [0.3, 0.4) is 0 Å². The molecule has 4 N–H and O–H groups in total. The van der Waals surface area contributed by atoms with Crippen LogP contribution >= 0.6 is 0 Å². The molecule has 0 saturated carbocycles. The van der Waals surface area contributed by atoms with Gasteiger partial charge in [-0.2, -0.15) is 0 Å². The molecule has 0 heterocycles. The number of aliphatic hydroxyl groups is 1. The Morgan fingerprint density at radius 1 is 0.900 bits per heavy atom. The Balaban J connectivity index is 2.12. The maximum Gasteiger partial charge on any atom is 0.123 e. The minimum absolute atomic E-state index is 0.00864. The average molecular weight is 416 g/mol. The summed E-state index contributed by atoms with van der Waals surface area (Å²) >= 11 is 0. The monoisotopic (exact) mass is 415 g/mol. The number of hydrogen-bond acceptors (Lipinski definition) is 4. The number of aliphatic hydroxyl groups excluding tert-OH is 1. The van der Waals surface area contributed by atoms with Gasteiger partial charge in [-0.05, 0) is 79.5 Å². The number of rotatable bonds is 11. The Labute approximate surface area is 181 Å². The number of benzene rings is 2. The molecule has 2 rings (SSSR count). The van der Waals surface area contributed by atoms with Crippen molar-refractivity contribution in [3.05, 3.63) is 59.9 Å². The van der Waals surface area contributed by atoms with Gasteiger partial charge in [0.2, 0.25) is 0 Å². The van der Waals surface area contributed by atoms with Gasteiger partial charge in [0.1, 0.15) is 5.82 Å². The molecule has 0 fully saturated rings. The van der Waals surface area contributed by atoms with Gasteiger partial charge in [-0.3, -0.25) is 5.43 Å². The summed E-state index contributed by atoms with van der Waals surface area (Å²) in [5, 5.41) is 12.8. The standard InChI is InChI=1S/C25H38FN3O/c1-18(2)15-23(24(3,4)16-27-29-25(5,6)17-30)19-7-11-21(12-8-19)28-22-13-9-20(26)10-14-22/h7-14,18,23,27-30H,15-17H2,1-6H3. The van der Waals surface area contributed by atoms with E-state index in [4.69, 9.17) is 0 Å². The predicted molar refractivity (Wildman–Crippen MR) is 124 cm³/mol. The van der Waals surface area contributed by atoms with Crippen molar-refractivity contribution in [1.82, 2.24) is 10.9 Å². The van der Waals surface area contributed by atoms with Crippen molar-refractivity contribution in [3.8, 4) is 0 Å². The normalized spacial score (nSPS) is 13.5. The van der Waals surface area contributed by atoms with Crippen LogP contribution in [0.5, 0.6) is 0 Å². The van der Waals surface area contributed by atoms with Crippen LogP contribution in [0.15, 0.2) is 48.5 Å². The molecular weight excluding hydrogens is 377 g/mol. The fourth-order valence-corrected chi connectivity index (χ4v) is 3.55. The van der Waals surface area contributed by atoms with Gasteiger partial charge < -0.3 is 10.4 Å². The Hall–Kier alpha value is -1.95. The third-order valence-electron chi connectivity index (χ3n) is 5.46. The molecule has 0 spiro atoms. The van der Waals surface area contributed by atoms with Crippen LogP contribution in [0.1, 0.15) is 59.4 Å². The maximum atomic E-state index is 13.1. The number of anilines is 2. The highest BCUT2D eigenvalue weighted by Crippen LogP contribution is 2.40. The molecule has 5 heteroatoms. The number of nitrogens with one attached hydrogen (secondary N) is 3. The highest BCUT2D eigenvalue weighted by Gasteiger charge is 2.31. The molecular formula is C25H38FN3O. The van der Waals surface area contributed by atoms with Gasteiger partial charge in [0, 0.05) is 23.5 Å². The zero-order chi connectivity index (χ0) is 22.4. The Kier molecular flexibility index (Phi) is 8.42. The molecule has 30 heavy (non-hydrogen) atoms. The lowest BCUT2D eigenvalue weighted by Crippen LogP contribution is -2.53. The zero-order valence-electron chi connectivity index (χ0n) is 19.2.